The molecule has 0 aliphatic rings. The van der Waals surface area contributed by atoms with E-state index >= 15 is 0 Å². The molecule has 0 bridgehead atoms. The summed E-state index contributed by atoms with van der Waals surface area (Å²) in [7, 11) is 1.76. The Morgan fingerprint density at radius 3 is 2.67 bits per heavy atom. The van der Waals surface area contributed by atoms with Crippen LogP contribution in [0, 0.1) is 6.92 Å². The fraction of sp³-hybridized carbons (Fsp3) is 0.286. The van der Waals surface area contributed by atoms with Crippen molar-refractivity contribution in [2.75, 3.05) is 18.1 Å². The van der Waals surface area contributed by atoms with E-state index < -0.39 is 0 Å². The number of aromatic nitrogens is 4. The van der Waals surface area contributed by atoms with Gasteiger partial charge in [0.2, 0.25) is 11.9 Å². The molecule has 0 amide bonds. The van der Waals surface area contributed by atoms with Crippen molar-refractivity contribution in [2.45, 2.75) is 6.92 Å². The summed E-state index contributed by atoms with van der Waals surface area (Å²) in [6.45, 7) is 1.89. The number of nitrogen functional groups attached to an aromatic ring is 1. The van der Waals surface area contributed by atoms with Crippen LogP contribution in [0.2, 0.25) is 0 Å². The van der Waals surface area contributed by atoms with Crippen molar-refractivity contribution < 1.29 is 5.48 Å². The molecule has 0 spiro atoms. The van der Waals surface area contributed by atoms with Gasteiger partial charge in [0.1, 0.15) is 0 Å². The van der Waals surface area contributed by atoms with Crippen LogP contribution in [0.3, 0.4) is 0 Å². The Morgan fingerprint density at radius 2 is 2.07 bits per heavy atom. The number of hydrogen-bond donors (Lipinski definition) is 2. The minimum atomic E-state index is 0. The number of nitrogens with one attached hydrogen (secondary N) is 1. The van der Waals surface area contributed by atoms with Crippen LogP contribution in [-0.4, -0.2) is 32.1 Å². The number of nitrogens with two attached hydrogens (primary N) is 1. The van der Waals surface area contributed by atoms with Gasteiger partial charge in [-0.3, -0.25) is 0 Å². The first-order valence-corrected chi connectivity index (χ1v) is 3.88. The molecule has 0 saturated carbocycles. The number of rotatable bonds is 1. The number of nitrogens with zero attached hydrogens (tertiary/aromatic N) is 4. The van der Waals surface area contributed by atoms with Crippen LogP contribution in [0.4, 0.5) is 11.9 Å². The van der Waals surface area contributed by atoms with Gasteiger partial charge in [0.25, 0.3) is 0 Å². The summed E-state index contributed by atoms with van der Waals surface area (Å²) >= 11 is 0. The fourth-order valence-corrected chi connectivity index (χ4v) is 1.18. The lowest BCUT2D eigenvalue weighted by atomic mass is 10.5. The highest BCUT2D eigenvalue weighted by Crippen LogP contribution is 2.09. The normalized spacial score (nSPS) is 9.20. The van der Waals surface area contributed by atoms with E-state index in [-0.39, 0.29) is 23.8 Å². The molecule has 0 radical (unpaired) electrons. The lowest BCUT2D eigenvalue weighted by Gasteiger charge is -2.01. The van der Waals surface area contributed by atoms with Crippen LogP contribution in [0.25, 0.3) is 5.65 Å². The van der Waals surface area contributed by atoms with Gasteiger partial charge in [-0.05, 0) is 6.92 Å². The van der Waals surface area contributed by atoms with Gasteiger partial charge in [0.05, 0.1) is 5.69 Å². The van der Waals surface area contributed by atoms with E-state index in [2.05, 4.69) is 20.4 Å². The zero-order valence-electron chi connectivity index (χ0n) is 8.35. The average molecular weight is 233 g/mol. The molecule has 0 saturated heterocycles. The minimum absolute atomic E-state index is 0. The van der Waals surface area contributed by atoms with Crippen LogP contribution >= 0.6 is 12.4 Å². The molecular weight excluding hydrogens is 220 g/mol. The van der Waals surface area contributed by atoms with Crippen LogP contribution in [0.1, 0.15) is 5.69 Å². The molecule has 8 heteroatoms. The van der Waals surface area contributed by atoms with Crippen molar-refractivity contribution in [2.24, 2.45) is 0 Å². The molecule has 0 unspecified atom stereocenters. The van der Waals surface area contributed by atoms with Crippen LogP contribution in [-0.2, 0) is 0 Å². The monoisotopic (exact) mass is 232 g/mol. The van der Waals surface area contributed by atoms with Gasteiger partial charge in [0, 0.05) is 13.1 Å². The zero-order chi connectivity index (χ0) is 9.42. The van der Waals surface area contributed by atoms with E-state index in [1.165, 1.54) is 0 Å². The Balaban J connectivity index is 0.000000980. The van der Waals surface area contributed by atoms with Gasteiger partial charge in [0.15, 0.2) is 5.65 Å². The molecule has 5 N–H and O–H groups in total. The van der Waals surface area contributed by atoms with Gasteiger partial charge < -0.3 is 16.5 Å². The first-order chi connectivity index (χ1) is 6.20. The maximum absolute atomic E-state index is 5.51. The second kappa shape index (κ2) is 4.76. The Bertz CT molecular complexity index is 456. The Morgan fingerprint density at radius 1 is 1.40 bits per heavy atom. The molecule has 0 aromatic carbocycles. The van der Waals surface area contributed by atoms with Crippen molar-refractivity contribution in [3.05, 3.63) is 11.8 Å². The highest BCUT2D eigenvalue weighted by Gasteiger charge is 2.05. The summed E-state index contributed by atoms with van der Waals surface area (Å²) in [5.74, 6) is 0.840. The van der Waals surface area contributed by atoms with E-state index in [1.54, 1.807) is 11.6 Å². The summed E-state index contributed by atoms with van der Waals surface area (Å²) in [6.07, 6.45) is 0. The first kappa shape index (κ1) is 13.4. The van der Waals surface area contributed by atoms with E-state index in [0.717, 1.165) is 5.69 Å². The van der Waals surface area contributed by atoms with Gasteiger partial charge in [-0.2, -0.15) is 19.6 Å². The molecule has 0 aliphatic carbocycles. The average Bonchev–Trinajstić information content (AvgIpc) is 2.43. The predicted octanol–water partition coefficient (Wildman–Crippen LogP) is -0.346. The third-order valence-corrected chi connectivity index (χ3v) is 1.69. The third kappa shape index (κ3) is 2.25. The largest absolute Gasteiger partial charge is 0.412 e. The zero-order valence-corrected chi connectivity index (χ0v) is 9.17. The van der Waals surface area contributed by atoms with Crippen molar-refractivity contribution >= 4 is 30.0 Å². The summed E-state index contributed by atoms with van der Waals surface area (Å²) in [4.78, 5) is 8.02. The molecule has 0 aliphatic heterocycles. The van der Waals surface area contributed by atoms with E-state index in [1.807, 2.05) is 13.0 Å². The molecule has 7 nitrogen and oxygen atoms in total. The highest BCUT2D eigenvalue weighted by molar-refractivity contribution is 5.85. The molecule has 84 valence electrons. The number of fused-ring (bicyclic) bond motifs is 1. The minimum Gasteiger partial charge on any atom is -0.412 e. The molecular formula is C7H13ClN6O. The molecule has 2 aromatic heterocycles. The lowest BCUT2D eigenvalue weighted by molar-refractivity contribution is 0.824. The van der Waals surface area contributed by atoms with Gasteiger partial charge in [-0.25, -0.2) is 0 Å². The highest BCUT2D eigenvalue weighted by atomic mass is 35.5. The number of hydrogen-bond acceptors (Lipinski definition) is 5. The standard InChI is InChI=1S/C7H10N6.ClH.H2O/c1-4-3-5-10-6(8)11-7(9-2)13(5)12-4;;/h3H,1-2H3,(H3,8,9,10,11);1H;1H2. The lowest BCUT2D eigenvalue weighted by Crippen LogP contribution is -2.07. The van der Waals surface area contributed by atoms with Crippen molar-refractivity contribution in [1.29, 1.82) is 0 Å². The topological polar surface area (TPSA) is 113 Å². The van der Waals surface area contributed by atoms with E-state index in [0.29, 0.717) is 11.6 Å². The maximum atomic E-state index is 5.51. The number of aryl methyl sites for hydroxylation is 1. The molecule has 0 fully saturated rings. The van der Waals surface area contributed by atoms with Crippen molar-refractivity contribution in [1.82, 2.24) is 19.6 Å². The fourth-order valence-electron chi connectivity index (χ4n) is 1.18. The Hall–Kier alpha value is -1.60. The van der Waals surface area contributed by atoms with Crippen LogP contribution < -0.4 is 11.1 Å². The second-order valence-electron chi connectivity index (χ2n) is 2.71. The second-order valence-corrected chi connectivity index (χ2v) is 2.71. The smallest absolute Gasteiger partial charge is 0.228 e. The summed E-state index contributed by atoms with van der Waals surface area (Å²) in [6, 6.07) is 1.85. The first-order valence-electron chi connectivity index (χ1n) is 3.88. The Kier molecular flexibility index (Phi) is 4.25. The summed E-state index contributed by atoms with van der Waals surface area (Å²) < 4.78 is 1.62. The quantitative estimate of drug-likeness (QED) is 0.698. The third-order valence-electron chi connectivity index (χ3n) is 1.69. The van der Waals surface area contributed by atoms with Gasteiger partial charge in [-0.15, -0.1) is 12.4 Å². The Labute approximate surface area is 92.4 Å². The van der Waals surface area contributed by atoms with Crippen molar-refractivity contribution in [3.63, 3.8) is 0 Å². The molecule has 2 rings (SSSR count). The number of anilines is 2. The van der Waals surface area contributed by atoms with E-state index in [9.17, 15) is 0 Å². The van der Waals surface area contributed by atoms with Crippen LogP contribution in [0.5, 0.6) is 0 Å². The predicted molar refractivity (Wildman–Crippen MR) is 60.3 cm³/mol. The van der Waals surface area contributed by atoms with Crippen molar-refractivity contribution in [3.8, 4) is 0 Å². The molecule has 15 heavy (non-hydrogen) atoms. The SMILES string of the molecule is CNc1nc(N)nc2cc(C)nn12.Cl.O. The van der Waals surface area contributed by atoms with Gasteiger partial charge in [-0.1, -0.05) is 0 Å². The van der Waals surface area contributed by atoms with Gasteiger partial charge >= 0.3 is 0 Å². The number of halogens is 1. The molecule has 2 heterocycles. The van der Waals surface area contributed by atoms with E-state index in [4.69, 9.17) is 5.73 Å². The summed E-state index contributed by atoms with van der Waals surface area (Å²) in [5.41, 5.74) is 7.09. The maximum Gasteiger partial charge on any atom is 0.228 e. The molecule has 2 aromatic rings. The summed E-state index contributed by atoms with van der Waals surface area (Å²) in [5, 5.41) is 7.09. The molecule has 0 atom stereocenters. The van der Waals surface area contributed by atoms with Crippen LogP contribution in [0.15, 0.2) is 6.07 Å².